The van der Waals surface area contributed by atoms with Gasteiger partial charge in [0.1, 0.15) is 5.82 Å². The van der Waals surface area contributed by atoms with Crippen molar-refractivity contribution in [1.29, 1.82) is 0 Å². The first-order valence-corrected chi connectivity index (χ1v) is 14.5. The van der Waals surface area contributed by atoms with Crippen molar-refractivity contribution in [2.75, 3.05) is 0 Å². The number of benzene rings is 3. The third-order valence-corrected chi connectivity index (χ3v) is 8.16. The van der Waals surface area contributed by atoms with Crippen LogP contribution in [0.1, 0.15) is 107 Å². The lowest BCUT2D eigenvalue weighted by molar-refractivity contribution is 0.249. The number of unbranched alkanes of at least 4 members (excludes halogenated alkanes) is 3. The molecular weight excluding hydrogens is 439 g/mol. The number of aryl methyl sites for hydroxylation is 2. The van der Waals surface area contributed by atoms with E-state index in [1.54, 1.807) is 0 Å². The fourth-order valence-electron chi connectivity index (χ4n) is 5.73. The second kappa shape index (κ2) is 13.6. The van der Waals surface area contributed by atoms with Crippen LogP contribution >= 0.6 is 0 Å². The van der Waals surface area contributed by atoms with Gasteiger partial charge in [-0.2, -0.15) is 0 Å². The molecule has 0 atom stereocenters. The minimum absolute atomic E-state index is 0.201. The zero-order valence-corrected chi connectivity index (χ0v) is 22.4. The van der Waals surface area contributed by atoms with Crippen molar-refractivity contribution in [3.63, 3.8) is 0 Å². The lowest BCUT2D eigenvalue weighted by Crippen LogP contribution is -2.15. The second-order valence-corrected chi connectivity index (χ2v) is 11.0. The summed E-state index contributed by atoms with van der Waals surface area (Å²) >= 11 is 0. The van der Waals surface area contributed by atoms with Crippen LogP contribution in [0.2, 0.25) is 0 Å². The summed E-state index contributed by atoms with van der Waals surface area (Å²) in [6.45, 7) is 4.50. The average Bonchev–Trinajstić information content (AvgIpc) is 2.92. The van der Waals surface area contributed by atoms with Gasteiger partial charge in [0, 0.05) is 10.9 Å². The monoisotopic (exact) mass is 482 g/mol. The summed E-state index contributed by atoms with van der Waals surface area (Å²) in [6.07, 6.45) is 17.1. The Hall–Kier alpha value is -2.59. The van der Waals surface area contributed by atoms with Crippen molar-refractivity contribution in [1.82, 2.24) is 0 Å². The zero-order valence-electron chi connectivity index (χ0n) is 22.4. The number of rotatable bonds is 10. The average molecular weight is 483 g/mol. The molecule has 0 bridgehead atoms. The molecule has 0 aromatic heterocycles. The van der Waals surface area contributed by atoms with Crippen molar-refractivity contribution in [3.8, 4) is 11.8 Å². The smallest absolute Gasteiger partial charge is 0.146 e. The van der Waals surface area contributed by atoms with Crippen LogP contribution in [0.5, 0.6) is 0 Å². The molecule has 0 N–H and O–H groups in total. The summed E-state index contributed by atoms with van der Waals surface area (Å²) in [5, 5.41) is 1.66. The van der Waals surface area contributed by atoms with Crippen LogP contribution in [0, 0.1) is 29.5 Å². The van der Waals surface area contributed by atoms with Crippen molar-refractivity contribution in [2.24, 2.45) is 11.8 Å². The Morgan fingerprint density at radius 3 is 2.11 bits per heavy atom. The summed E-state index contributed by atoms with van der Waals surface area (Å²) < 4.78 is 15.2. The van der Waals surface area contributed by atoms with Crippen LogP contribution in [0.15, 0.2) is 54.6 Å². The fraction of sp³-hybridized carbons (Fsp3) is 0.486. The van der Waals surface area contributed by atoms with Gasteiger partial charge in [0.05, 0.1) is 5.56 Å². The highest BCUT2D eigenvalue weighted by atomic mass is 19.1. The number of hydrogen-bond acceptors (Lipinski definition) is 0. The van der Waals surface area contributed by atoms with Gasteiger partial charge in [0.2, 0.25) is 0 Å². The molecular formula is C35H43F. The minimum Gasteiger partial charge on any atom is -0.205 e. The molecule has 0 amide bonds. The Balaban J connectivity index is 1.33. The Morgan fingerprint density at radius 1 is 0.694 bits per heavy atom. The summed E-state index contributed by atoms with van der Waals surface area (Å²) in [7, 11) is 0. The molecule has 4 rings (SSSR count). The molecule has 3 aromatic carbocycles. The maximum absolute atomic E-state index is 15.2. The van der Waals surface area contributed by atoms with Crippen molar-refractivity contribution < 1.29 is 4.39 Å². The Morgan fingerprint density at radius 2 is 1.39 bits per heavy atom. The van der Waals surface area contributed by atoms with E-state index in [0.29, 0.717) is 10.9 Å². The van der Waals surface area contributed by atoms with E-state index in [1.807, 2.05) is 30.3 Å². The van der Waals surface area contributed by atoms with E-state index in [1.165, 1.54) is 81.8 Å². The fourth-order valence-corrected chi connectivity index (χ4v) is 5.73. The van der Waals surface area contributed by atoms with Gasteiger partial charge in [-0.15, -0.1) is 0 Å². The first-order valence-electron chi connectivity index (χ1n) is 14.5. The molecule has 0 spiro atoms. The van der Waals surface area contributed by atoms with Crippen LogP contribution < -0.4 is 0 Å². The summed E-state index contributed by atoms with van der Waals surface area (Å²) in [4.78, 5) is 0. The quantitative estimate of drug-likeness (QED) is 0.199. The Bertz CT molecular complexity index is 1150. The van der Waals surface area contributed by atoms with E-state index in [9.17, 15) is 0 Å². The van der Waals surface area contributed by atoms with Crippen LogP contribution in [-0.2, 0) is 12.8 Å². The minimum atomic E-state index is -0.201. The van der Waals surface area contributed by atoms with Gasteiger partial charge in [-0.25, -0.2) is 4.39 Å². The van der Waals surface area contributed by atoms with Gasteiger partial charge >= 0.3 is 0 Å². The molecule has 0 unspecified atom stereocenters. The number of hydrogen-bond donors (Lipinski definition) is 0. The number of halogens is 1. The normalized spacial score (nSPS) is 17.6. The molecule has 36 heavy (non-hydrogen) atoms. The highest BCUT2D eigenvalue weighted by Crippen LogP contribution is 2.34. The van der Waals surface area contributed by atoms with Crippen molar-refractivity contribution >= 4 is 10.8 Å². The molecule has 1 aliphatic rings. The van der Waals surface area contributed by atoms with E-state index in [-0.39, 0.29) is 5.82 Å². The molecule has 0 nitrogen and oxygen atoms in total. The molecule has 1 saturated carbocycles. The molecule has 190 valence electrons. The first-order chi connectivity index (χ1) is 17.7. The van der Waals surface area contributed by atoms with E-state index < -0.39 is 0 Å². The predicted molar refractivity (Wildman–Crippen MR) is 153 cm³/mol. The van der Waals surface area contributed by atoms with Gasteiger partial charge < -0.3 is 0 Å². The van der Waals surface area contributed by atoms with Gasteiger partial charge in [-0.3, -0.25) is 0 Å². The Kier molecular flexibility index (Phi) is 10.0. The molecule has 3 aromatic rings. The topological polar surface area (TPSA) is 0 Å². The number of fused-ring (bicyclic) bond motifs is 1. The van der Waals surface area contributed by atoms with Gasteiger partial charge in [-0.1, -0.05) is 120 Å². The lowest BCUT2D eigenvalue weighted by atomic mass is 9.77. The van der Waals surface area contributed by atoms with Gasteiger partial charge in [-0.05, 0) is 72.2 Å². The molecule has 0 radical (unpaired) electrons. The van der Waals surface area contributed by atoms with Gasteiger partial charge in [0.25, 0.3) is 0 Å². The maximum Gasteiger partial charge on any atom is 0.146 e. The largest absolute Gasteiger partial charge is 0.205 e. The lowest BCUT2D eigenvalue weighted by Gasteiger charge is -2.28. The van der Waals surface area contributed by atoms with E-state index in [2.05, 4.69) is 50.0 Å². The maximum atomic E-state index is 15.2. The molecule has 0 heterocycles. The van der Waals surface area contributed by atoms with Crippen LogP contribution in [-0.4, -0.2) is 0 Å². The summed E-state index contributed by atoms with van der Waals surface area (Å²) in [5.41, 5.74) is 4.07. The van der Waals surface area contributed by atoms with Crippen LogP contribution in [0.25, 0.3) is 10.8 Å². The van der Waals surface area contributed by atoms with E-state index in [4.69, 9.17) is 0 Å². The highest BCUT2D eigenvalue weighted by molar-refractivity contribution is 5.85. The van der Waals surface area contributed by atoms with Crippen molar-refractivity contribution in [3.05, 3.63) is 82.7 Å². The SMILES string of the molecule is CCCCCC1CCC(CCc2ccc3c(F)c(C#Cc4ccc(CCCC)cc4)ccc3c2)CC1. The first kappa shape index (κ1) is 26.5. The van der Waals surface area contributed by atoms with Crippen LogP contribution in [0.3, 0.4) is 0 Å². The molecule has 0 saturated heterocycles. The molecule has 0 aliphatic heterocycles. The van der Waals surface area contributed by atoms with Gasteiger partial charge in [0.15, 0.2) is 0 Å². The standard InChI is InChI=1S/C35H43F/c1-3-5-7-9-28-12-14-29(15-13-28)18-19-31-21-25-34-33(26-31)24-23-32(35(34)36)22-20-30-16-10-27(11-17-30)8-6-4-2/h10-11,16-17,21,23-26,28-29H,3-9,12-15,18-19H2,1-2H3. The van der Waals surface area contributed by atoms with Crippen LogP contribution in [0.4, 0.5) is 4.39 Å². The Labute approximate surface area is 218 Å². The second-order valence-electron chi connectivity index (χ2n) is 11.0. The molecule has 1 heteroatoms. The third-order valence-electron chi connectivity index (χ3n) is 8.16. The van der Waals surface area contributed by atoms with E-state index >= 15 is 4.39 Å². The highest BCUT2D eigenvalue weighted by Gasteiger charge is 2.20. The molecule has 1 fully saturated rings. The summed E-state index contributed by atoms with van der Waals surface area (Å²) in [6, 6.07) is 18.5. The third kappa shape index (κ3) is 7.46. The molecule has 1 aliphatic carbocycles. The summed E-state index contributed by atoms with van der Waals surface area (Å²) in [5.74, 6) is 7.84. The van der Waals surface area contributed by atoms with Crippen molar-refractivity contribution in [2.45, 2.75) is 97.3 Å². The van der Waals surface area contributed by atoms with E-state index in [0.717, 1.165) is 35.6 Å². The zero-order chi connectivity index (χ0) is 25.2. The predicted octanol–water partition coefficient (Wildman–Crippen LogP) is 10.0.